The fourth-order valence-electron chi connectivity index (χ4n) is 3.58. The van der Waals surface area contributed by atoms with Crippen molar-refractivity contribution in [1.29, 1.82) is 0 Å². The van der Waals surface area contributed by atoms with E-state index < -0.39 is 0 Å². The van der Waals surface area contributed by atoms with Crippen LogP contribution < -0.4 is 5.69 Å². The van der Waals surface area contributed by atoms with Crippen LogP contribution in [0.3, 0.4) is 0 Å². The Bertz CT molecular complexity index is 1320. The van der Waals surface area contributed by atoms with E-state index in [-0.39, 0.29) is 5.69 Å². The number of pyridine rings is 2. The third-order valence-electron chi connectivity index (χ3n) is 5.03. The first-order chi connectivity index (χ1) is 14.7. The van der Waals surface area contributed by atoms with E-state index >= 15 is 0 Å². The van der Waals surface area contributed by atoms with Crippen molar-refractivity contribution in [3.8, 4) is 28.3 Å². The van der Waals surface area contributed by atoms with Gasteiger partial charge in [0.05, 0.1) is 17.9 Å². The van der Waals surface area contributed by atoms with Crippen LogP contribution >= 0.6 is 11.6 Å². The average molecular weight is 413 g/mol. The molecule has 0 fully saturated rings. The fraction of sp³-hybridized carbons (Fsp3) is 0.0417. The van der Waals surface area contributed by atoms with Gasteiger partial charge in [-0.3, -0.25) is 4.57 Å². The molecule has 30 heavy (non-hydrogen) atoms. The molecule has 0 bridgehead atoms. The van der Waals surface area contributed by atoms with Crippen molar-refractivity contribution in [2.75, 3.05) is 0 Å². The second kappa shape index (κ2) is 7.61. The Morgan fingerprint density at radius 2 is 1.60 bits per heavy atom. The van der Waals surface area contributed by atoms with Crippen LogP contribution in [0, 0.1) is 0 Å². The molecule has 5 nitrogen and oxygen atoms in total. The minimum Gasteiger partial charge on any atom is -0.327 e. The highest BCUT2D eigenvalue weighted by Gasteiger charge is 2.18. The van der Waals surface area contributed by atoms with E-state index in [2.05, 4.69) is 22.1 Å². The standard InChI is InChI=1S/C24H17ClN4O/c25-22-13-8-17(15-26-22)16-28-14-4-7-21-23(28)27-24(30)29(21)20-11-9-19(10-12-20)18-5-2-1-3-6-18/h1-15H,16H2. The van der Waals surface area contributed by atoms with Crippen molar-refractivity contribution in [2.45, 2.75) is 6.54 Å². The van der Waals surface area contributed by atoms with Crippen LogP contribution in [0.5, 0.6) is 0 Å². The number of benzene rings is 2. The van der Waals surface area contributed by atoms with Crippen molar-refractivity contribution >= 4 is 11.6 Å². The van der Waals surface area contributed by atoms with Crippen molar-refractivity contribution in [1.82, 2.24) is 19.1 Å². The Morgan fingerprint density at radius 3 is 2.33 bits per heavy atom. The van der Waals surface area contributed by atoms with Gasteiger partial charge in [-0.2, -0.15) is 4.98 Å². The molecule has 0 atom stereocenters. The van der Waals surface area contributed by atoms with Crippen LogP contribution in [0.1, 0.15) is 5.56 Å². The molecule has 3 heterocycles. The molecule has 0 saturated heterocycles. The van der Waals surface area contributed by atoms with Gasteiger partial charge < -0.3 is 4.57 Å². The summed E-state index contributed by atoms with van der Waals surface area (Å²) in [5, 5.41) is 0.451. The zero-order valence-corrected chi connectivity index (χ0v) is 16.7. The highest BCUT2D eigenvalue weighted by atomic mass is 35.5. The number of nitrogens with zero attached hydrogens (tertiary/aromatic N) is 4. The van der Waals surface area contributed by atoms with Crippen LogP contribution in [-0.2, 0) is 6.54 Å². The van der Waals surface area contributed by atoms with E-state index in [9.17, 15) is 4.79 Å². The van der Waals surface area contributed by atoms with Gasteiger partial charge in [-0.15, -0.1) is 0 Å². The third kappa shape index (κ3) is 3.40. The smallest absolute Gasteiger partial charge is 0.327 e. The van der Waals surface area contributed by atoms with E-state index in [4.69, 9.17) is 11.6 Å². The number of aromatic nitrogens is 4. The molecule has 2 aromatic carbocycles. The van der Waals surface area contributed by atoms with Crippen molar-refractivity contribution in [3.63, 3.8) is 0 Å². The summed E-state index contributed by atoms with van der Waals surface area (Å²) < 4.78 is 3.58. The number of hydrogen-bond donors (Lipinski definition) is 0. The molecule has 0 amide bonds. The molecule has 146 valence electrons. The quantitative estimate of drug-likeness (QED) is 0.394. The maximum Gasteiger partial charge on any atom is 0.354 e. The molecule has 0 N–H and O–H groups in total. The molecular formula is C24H17ClN4O. The molecule has 6 heteroatoms. The van der Waals surface area contributed by atoms with Gasteiger partial charge in [0, 0.05) is 12.4 Å². The van der Waals surface area contributed by atoms with Crippen LogP contribution in [0.25, 0.3) is 28.3 Å². The fourth-order valence-corrected chi connectivity index (χ4v) is 3.69. The monoisotopic (exact) mass is 412 g/mol. The van der Waals surface area contributed by atoms with E-state index in [1.807, 2.05) is 71.4 Å². The van der Waals surface area contributed by atoms with Gasteiger partial charge >= 0.3 is 5.69 Å². The lowest BCUT2D eigenvalue weighted by Crippen LogP contribution is -2.14. The molecule has 0 unspecified atom stereocenters. The summed E-state index contributed by atoms with van der Waals surface area (Å²) in [6.07, 6.45) is 3.64. The second-order valence-corrected chi connectivity index (χ2v) is 7.36. The van der Waals surface area contributed by atoms with Crippen molar-refractivity contribution < 1.29 is 0 Å². The van der Waals surface area contributed by atoms with Gasteiger partial charge in [0.1, 0.15) is 5.15 Å². The van der Waals surface area contributed by atoms with Gasteiger partial charge in [0.25, 0.3) is 0 Å². The van der Waals surface area contributed by atoms with Crippen LogP contribution in [0.4, 0.5) is 0 Å². The first-order valence-electron chi connectivity index (χ1n) is 9.53. The Labute approximate surface area is 178 Å². The SMILES string of the molecule is O=c1nc2n(Cc3ccc(Cl)nc3)cccc-2n1-c1ccc(-c2ccccc2)cc1. The maximum atomic E-state index is 12.8. The summed E-state index contributed by atoms with van der Waals surface area (Å²) >= 11 is 5.88. The van der Waals surface area contributed by atoms with Crippen molar-refractivity contribution in [2.24, 2.45) is 0 Å². The summed E-state index contributed by atoms with van der Waals surface area (Å²) in [7, 11) is 0. The highest BCUT2D eigenvalue weighted by molar-refractivity contribution is 6.29. The Balaban J connectivity index is 1.51. The zero-order chi connectivity index (χ0) is 20.5. The largest absolute Gasteiger partial charge is 0.354 e. The van der Waals surface area contributed by atoms with E-state index in [1.54, 1.807) is 16.8 Å². The van der Waals surface area contributed by atoms with Crippen LogP contribution in [0.2, 0.25) is 5.15 Å². The summed E-state index contributed by atoms with van der Waals surface area (Å²) in [5.74, 6) is 0.629. The molecule has 2 aliphatic heterocycles. The normalized spacial score (nSPS) is 11.1. The number of fused-ring (bicyclic) bond motifs is 1. The number of rotatable bonds is 4. The summed E-state index contributed by atoms with van der Waals surface area (Å²) in [4.78, 5) is 21.2. The molecule has 0 aliphatic carbocycles. The van der Waals surface area contributed by atoms with E-state index in [0.717, 1.165) is 28.1 Å². The molecule has 0 radical (unpaired) electrons. The van der Waals surface area contributed by atoms with E-state index in [1.165, 1.54) is 0 Å². The van der Waals surface area contributed by atoms with Gasteiger partial charge in [-0.1, -0.05) is 60.1 Å². The summed E-state index contributed by atoms with van der Waals surface area (Å²) in [6.45, 7) is 0.547. The first kappa shape index (κ1) is 18.3. The van der Waals surface area contributed by atoms with Gasteiger partial charge in [0.15, 0.2) is 5.82 Å². The second-order valence-electron chi connectivity index (χ2n) is 6.98. The molecule has 3 aromatic rings. The van der Waals surface area contributed by atoms with Crippen LogP contribution in [-0.4, -0.2) is 19.1 Å². The van der Waals surface area contributed by atoms with Crippen LogP contribution in [0.15, 0.2) is 96.1 Å². The lowest BCUT2D eigenvalue weighted by Gasteiger charge is -2.13. The number of imidazole rings is 1. The van der Waals surface area contributed by atoms with Crippen molar-refractivity contribution in [3.05, 3.63) is 112 Å². The minimum absolute atomic E-state index is 0.299. The Kier molecular flexibility index (Phi) is 4.65. The number of hydrogen-bond acceptors (Lipinski definition) is 3. The average Bonchev–Trinajstić information content (AvgIpc) is 3.13. The van der Waals surface area contributed by atoms with Gasteiger partial charge in [-0.25, -0.2) is 9.78 Å². The molecule has 0 spiro atoms. The van der Waals surface area contributed by atoms with Gasteiger partial charge in [0.2, 0.25) is 0 Å². The van der Waals surface area contributed by atoms with E-state index in [0.29, 0.717) is 17.5 Å². The first-order valence-corrected chi connectivity index (χ1v) is 9.91. The summed E-state index contributed by atoms with van der Waals surface area (Å²) in [5.41, 5.74) is 4.46. The molecule has 5 rings (SSSR count). The molecular weight excluding hydrogens is 396 g/mol. The minimum atomic E-state index is -0.299. The lowest BCUT2D eigenvalue weighted by molar-refractivity contribution is 0.779. The van der Waals surface area contributed by atoms with Gasteiger partial charge in [-0.05, 0) is 47.0 Å². The Morgan fingerprint density at radius 1 is 0.833 bits per heavy atom. The predicted octanol–water partition coefficient (Wildman–Crippen LogP) is 4.90. The zero-order valence-electron chi connectivity index (χ0n) is 15.9. The third-order valence-corrected chi connectivity index (χ3v) is 5.25. The maximum absolute atomic E-state index is 12.8. The topological polar surface area (TPSA) is 52.7 Å². The Hall–Kier alpha value is -3.70. The molecule has 2 aliphatic rings. The lowest BCUT2D eigenvalue weighted by atomic mass is 10.1. The predicted molar refractivity (Wildman–Crippen MR) is 118 cm³/mol. The highest BCUT2D eigenvalue weighted by Crippen LogP contribution is 2.25. The number of halogens is 1. The molecule has 0 saturated carbocycles. The molecule has 1 aromatic heterocycles. The summed E-state index contributed by atoms with van der Waals surface area (Å²) in [6, 6.07) is 25.6.